The third-order valence-electron chi connectivity index (χ3n) is 3.76. The van der Waals surface area contributed by atoms with Crippen LogP contribution < -0.4 is 10.4 Å². The van der Waals surface area contributed by atoms with Gasteiger partial charge in [-0.25, -0.2) is 18.6 Å². The summed E-state index contributed by atoms with van der Waals surface area (Å²) in [6.07, 6.45) is 1.47. The minimum Gasteiger partial charge on any atom is -0.489 e. The van der Waals surface area contributed by atoms with E-state index in [9.17, 15) is 13.6 Å². The van der Waals surface area contributed by atoms with Gasteiger partial charge in [0.1, 0.15) is 18.2 Å². The van der Waals surface area contributed by atoms with Gasteiger partial charge in [0.15, 0.2) is 5.75 Å². The molecule has 0 amide bonds. The number of halogens is 2. The Kier molecular flexibility index (Phi) is 2.72. The molecular formula is C16H10F2N2O2. The predicted molar refractivity (Wildman–Crippen MR) is 76.9 cm³/mol. The first-order valence-electron chi connectivity index (χ1n) is 6.76. The van der Waals surface area contributed by atoms with Crippen molar-refractivity contribution in [1.29, 1.82) is 0 Å². The Labute approximate surface area is 123 Å². The molecule has 4 rings (SSSR count). The summed E-state index contributed by atoms with van der Waals surface area (Å²) in [6.45, 7) is 0.694. The van der Waals surface area contributed by atoms with Crippen molar-refractivity contribution in [3.8, 4) is 16.9 Å². The lowest BCUT2D eigenvalue weighted by Gasteiger charge is -2.22. The number of hydrogen-bond acceptors (Lipinski definition) is 3. The molecule has 0 fully saturated rings. The number of aromatic nitrogens is 2. The summed E-state index contributed by atoms with van der Waals surface area (Å²) in [6, 6.07) is 6.82. The summed E-state index contributed by atoms with van der Waals surface area (Å²) in [4.78, 5) is 15.7. The second kappa shape index (κ2) is 4.62. The minimum atomic E-state index is -0.673. The fourth-order valence-electron chi connectivity index (χ4n) is 2.77. The van der Waals surface area contributed by atoms with Crippen LogP contribution in [-0.2, 0) is 6.54 Å². The molecule has 0 bridgehead atoms. The summed E-state index contributed by atoms with van der Waals surface area (Å²) < 4.78 is 34.4. The number of benzene rings is 2. The molecule has 2 heterocycles. The Morgan fingerprint density at radius 3 is 2.77 bits per heavy atom. The number of ether oxygens (including phenoxy) is 1. The first-order chi connectivity index (χ1) is 10.6. The molecule has 1 aromatic heterocycles. The Morgan fingerprint density at radius 1 is 1.14 bits per heavy atom. The zero-order valence-corrected chi connectivity index (χ0v) is 11.3. The second-order valence-corrected chi connectivity index (χ2v) is 5.05. The molecule has 1 aliphatic heterocycles. The van der Waals surface area contributed by atoms with E-state index >= 15 is 0 Å². The van der Waals surface area contributed by atoms with Gasteiger partial charge in [0.25, 0.3) is 0 Å². The highest BCUT2D eigenvalue weighted by Crippen LogP contribution is 2.38. The molecular weight excluding hydrogens is 290 g/mol. The van der Waals surface area contributed by atoms with E-state index in [1.807, 2.05) is 0 Å². The average Bonchev–Trinajstić information content (AvgIpc) is 2.52. The largest absolute Gasteiger partial charge is 0.489 e. The van der Waals surface area contributed by atoms with Gasteiger partial charge in [-0.1, -0.05) is 6.07 Å². The first kappa shape index (κ1) is 12.9. The Bertz CT molecular complexity index is 966. The fourth-order valence-corrected chi connectivity index (χ4v) is 2.77. The lowest BCUT2D eigenvalue weighted by molar-refractivity contribution is 0.284. The van der Waals surface area contributed by atoms with E-state index in [1.165, 1.54) is 22.9 Å². The maximum atomic E-state index is 14.1. The Balaban J connectivity index is 2.08. The number of rotatable bonds is 1. The standard InChI is InChI=1S/C16H10F2N2O2/c17-10-2-4-11(13(18)7-10)12-3-1-9-8-19-16(21)20-5-6-22-15(12)14(9)20/h1-4,7-8H,5-6H2. The smallest absolute Gasteiger partial charge is 0.348 e. The molecule has 0 radical (unpaired) electrons. The van der Waals surface area contributed by atoms with E-state index in [0.29, 0.717) is 30.0 Å². The van der Waals surface area contributed by atoms with E-state index in [1.54, 1.807) is 12.1 Å². The highest BCUT2D eigenvalue weighted by Gasteiger charge is 2.21. The lowest BCUT2D eigenvalue weighted by atomic mass is 10.0. The van der Waals surface area contributed by atoms with Crippen LogP contribution >= 0.6 is 0 Å². The number of nitrogens with zero attached hydrogens (tertiary/aromatic N) is 2. The highest BCUT2D eigenvalue weighted by molar-refractivity contribution is 5.92. The molecule has 6 heteroatoms. The molecule has 0 unspecified atom stereocenters. The van der Waals surface area contributed by atoms with Crippen molar-refractivity contribution in [1.82, 2.24) is 9.55 Å². The molecule has 0 atom stereocenters. The Hall–Kier alpha value is -2.76. The maximum Gasteiger partial charge on any atom is 0.348 e. The SMILES string of the molecule is O=c1ncc2ccc(-c3ccc(F)cc3F)c3c2n1CCO3. The summed E-state index contributed by atoms with van der Waals surface area (Å²) in [5.41, 5.74) is 0.946. The van der Waals surface area contributed by atoms with Crippen LogP contribution in [0.25, 0.3) is 22.0 Å². The van der Waals surface area contributed by atoms with Gasteiger partial charge in [0, 0.05) is 28.8 Å². The van der Waals surface area contributed by atoms with Crippen molar-refractivity contribution in [2.45, 2.75) is 6.54 Å². The van der Waals surface area contributed by atoms with Gasteiger partial charge in [-0.2, -0.15) is 0 Å². The van der Waals surface area contributed by atoms with Gasteiger partial charge in [0.05, 0.1) is 12.1 Å². The summed E-state index contributed by atoms with van der Waals surface area (Å²) >= 11 is 0. The van der Waals surface area contributed by atoms with Gasteiger partial charge >= 0.3 is 5.69 Å². The average molecular weight is 300 g/mol. The molecule has 2 aromatic carbocycles. The van der Waals surface area contributed by atoms with Gasteiger partial charge in [-0.15, -0.1) is 0 Å². The predicted octanol–water partition coefficient (Wildman–Crippen LogP) is 2.73. The Morgan fingerprint density at radius 2 is 1.95 bits per heavy atom. The summed E-state index contributed by atoms with van der Waals surface area (Å²) in [5, 5.41) is 0.737. The third kappa shape index (κ3) is 1.80. The zero-order chi connectivity index (χ0) is 15.3. The molecule has 110 valence electrons. The molecule has 0 spiro atoms. The van der Waals surface area contributed by atoms with Crippen LogP contribution in [0.5, 0.6) is 5.75 Å². The van der Waals surface area contributed by atoms with E-state index in [4.69, 9.17) is 4.74 Å². The second-order valence-electron chi connectivity index (χ2n) is 5.05. The van der Waals surface area contributed by atoms with Crippen LogP contribution in [0.1, 0.15) is 0 Å². The lowest BCUT2D eigenvalue weighted by Crippen LogP contribution is -2.29. The van der Waals surface area contributed by atoms with Crippen molar-refractivity contribution < 1.29 is 13.5 Å². The van der Waals surface area contributed by atoms with Crippen LogP contribution in [0.4, 0.5) is 8.78 Å². The normalized spacial score (nSPS) is 13.2. The van der Waals surface area contributed by atoms with E-state index in [-0.39, 0.29) is 11.3 Å². The van der Waals surface area contributed by atoms with E-state index in [0.717, 1.165) is 11.5 Å². The molecule has 3 aromatic rings. The summed E-state index contributed by atoms with van der Waals surface area (Å²) in [7, 11) is 0. The topological polar surface area (TPSA) is 44.1 Å². The number of hydrogen-bond donors (Lipinski definition) is 0. The monoisotopic (exact) mass is 300 g/mol. The van der Waals surface area contributed by atoms with Crippen molar-refractivity contribution >= 4 is 10.9 Å². The van der Waals surface area contributed by atoms with Gasteiger partial charge in [-0.05, 0) is 18.2 Å². The highest BCUT2D eigenvalue weighted by atomic mass is 19.1. The van der Waals surface area contributed by atoms with Crippen molar-refractivity contribution in [2.24, 2.45) is 0 Å². The van der Waals surface area contributed by atoms with Gasteiger partial charge < -0.3 is 4.74 Å². The van der Waals surface area contributed by atoms with Gasteiger partial charge in [0.2, 0.25) is 0 Å². The van der Waals surface area contributed by atoms with Crippen molar-refractivity contribution in [3.05, 3.63) is 58.6 Å². The molecule has 4 nitrogen and oxygen atoms in total. The van der Waals surface area contributed by atoms with Crippen LogP contribution in [0.2, 0.25) is 0 Å². The molecule has 0 saturated carbocycles. The van der Waals surface area contributed by atoms with Crippen LogP contribution in [0.3, 0.4) is 0 Å². The first-order valence-corrected chi connectivity index (χ1v) is 6.76. The zero-order valence-electron chi connectivity index (χ0n) is 11.3. The maximum absolute atomic E-state index is 14.1. The van der Waals surface area contributed by atoms with Crippen LogP contribution in [-0.4, -0.2) is 16.2 Å². The van der Waals surface area contributed by atoms with Crippen molar-refractivity contribution in [2.75, 3.05) is 6.61 Å². The van der Waals surface area contributed by atoms with Crippen LogP contribution in [0.15, 0.2) is 41.3 Å². The van der Waals surface area contributed by atoms with Gasteiger partial charge in [-0.3, -0.25) is 4.57 Å². The fraction of sp³-hybridized carbons (Fsp3) is 0.125. The molecule has 0 N–H and O–H groups in total. The molecule has 22 heavy (non-hydrogen) atoms. The van der Waals surface area contributed by atoms with E-state index in [2.05, 4.69) is 4.98 Å². The van der Waals surface area contributed by atoms with Crippen molar-refractivity contribution in [3.63, 3.8) is 0 Å². The molecule has 0 aliphatic carbocycles. The minimum absolute atomic E-state index is 0.232. The van der Waals surface area contributed by atoms with Crippen LogP contribution in [0, 0.1) is 11.6 Å². The third-order valence-corrected chi connectivity index (χ3v) is 3.76. The molecule has 0 saturated heterocycles. The molecule has 1 aliphatic rings. The summed E-state index contributed by atoms with van der Waals surface area (Å²) in [5.74, 6) is -0.890. The quantitative estimate of drug-likeness (QED) is 0.694. The van der Waals surface area contributed by atoms with E-state index < -0.39 is 11.6 Å².